The average molecular weight is 356 g/mol. The van der Waals surface area contributed by atoms with Gasteiger partial charge in [0.15, 0.2) is 5.78 Å². The molecule has 0 saturated heterocycles. The zero-order chi connectivity index (χ0) is 16.9. The average Bonchev–Trinajstić information content (AvgIpc) is 3.11. The normalized spacial score (nSPS) is 12.1. The second kappa shape index (κ2) is 7.77. The van der Waals surface area contributed by atoms with Gasteiger partial charge in [-0.05, 0) is 48.2 Å². The second-order valence-corrected chi connectivity index (χ2v) is 7.80. The fourth-order valence-corrected chi connectivity index (χ4v) is 4.22. The standard InChI is InChI=1S/C20H17FOS2/c1-14-4-10-17(11-5-14)24-20(15-6-8-16(21)9-7-15)13-18(22)19-3-2-12-23-19/h2-12,20H,13H2,1H3/t20-/m0/s1. The van der Waals surface area contributed by atoms with Gasteiger partial charge in [0.05, 0.1) is 4.88 Å². The lowest BCUT2D eigenvalue weighted by Crippen LogP contribution is -2.04. The topological polar surface area (TPSA) is 17.1 Å². The molecule has 24 heavy (non-hydrogen) atoms. The minimum atomic E-state index is -0.262. The summed E-state index contributed by atoms with van der Waals surface area (Å²) in [5.74, 6) is -0.138. The van der Waals surface area contributed by atoms with Crippen LogP contribution in [0.1, 0.15) is 32.5 Å². The number of carbonyl (C=O) groups is 1. The highest BCUT2D eigenvalue weighted by Gasteiger charge is 2.19. The zero-order valence-corrected chi connectivity index (χ0v) is 14.9. The molecule has 122 valence electrons. The quantitative estimate of drug-likeness (QED) is 0.381. The number of carbonyl (C=O) groups excluding carboxylic acids is 1. The Morgan fingerprint density at radius 2 is 1.79 bits per heavy atom. The number of rotatable bonds is 6. The SMILES string of the molecule is Cc1ccc(S[C@@H](CC(=O)c2cccs2)c2ccc(F)cc2)cc1. The van der Waals surface area contributed by atoms with Crippen LogP contribution in [0.25, 0.3) is 0 Å². The van der Waals surface area contributed by atoms with Crippen molar-refractivity contribution >= 4 is 28.9 Å². The van der Waals surface area contributed by atoms with E-state index in [2.05, 4.69) is 24.3 Å². The lowest BCUT2D eigenvalue weighted by atomic mass is 10.1. The van der Waals surface area contributed by atoms with E-state index in [4.69, 9.17) is 0 Å². The summed E-state index contributed by atoms with van der Waals surface area (Å²) in [6.07, 6.45) is 0.394. The number of hydrogen-bond acceptors (Lipinski definition) is 3. The molecule has 0 fully saturated rings. The molecule has 3 aromatic rings. The first kappa shape index (κ1) is 16.9. The van der Waals surface area contributed by atoms with E-state index >= 15 is 0 Å². The molecule has 0 amide bonds. The summed E-state index contributed by atoms with van der Waals surface area (Å²) >= 11 is 3.10. The van der Waals surface area contributed by atoms with Crippen LogP contribution in [0.3, 0.4) is 0 Å². The van der Waals surface area contributed by atoms with Crippen LogP contribution >= 0.6 is 23.1 Å². The van der Waals surface area contributed by atoms with Gasteiger partial charge in [0, 0.05) is 16.6 Å². The van der Waals surface area contributed by atoms with Crippen molar-refractivity contribution in [2.24, 2.45) is 0 Å². The van der Waals surface area contributed by atoms with Gasteiger partial charge in [-0.15, -0.1) is 23.1 Å². The number of Topliss-reactive ketones (excluding diaryl/α,β-unsaturated/α-hetero) is 1. The second-order valence-electron chi connectivity index (χ2n) is 5.58. The van der Waals surface area contributed by atoms with E-state index in [9.17, 15) is 9.18 Å². The first-order chi connectivity index (χ1) is 11.6. The van der Waals surface area contributed by atoms with Gasteiger partial charge >= 0.3 is 0 Å². The Bertz CT molecular complexity index is 793. The molecular formula is C20H17FOS2. The van der Waals surface area contributed by atoms with Gasteiger partial charge in [-0.3, -0.25) is 4.79 Å². The summed E-state index contributed by atoms with van der Waals surface area (Å²) in [6, 6.07) is 18.4. The number of aryl methyl sites for hydroxylation is 1. The van der Waals surface area contributed by atoms with Gasteiger partial charge < -0.3 is 0 Å². The van der Waals surface area contributed by atoms with Gasteiger partial charge in [0.25, 0.3) is 0 Å². The predicted octanol–water partition coefficient (Wildman–Crippen LogP) is 6.30. The monoisotopic (exact) mass is 356 g/mol. The molecular weight excluding hydrogens is 339 g/mol. The van der Waals surface area contributed by atoms with Gasteiger partial charge in [0.1, 0.15) is 5.82 Å². The summed E-state index contributed by atoms with van der Waals surface area (Å²) in [5.41, 5.74) is 2.17. The number of halogens is 1. The Balaban J connectivity index is 1.83. The molecule has 1 nitrogen and oxygen atoms in total. The molecule has 0 N–H and O–H groups in total. The van der Waals surface area contributed by atoms with Gasteiger partial charge in [0.2, 0.25) is 0 Å². The Kier molecular flexibility index (Phi) is 5.48. The molecule has 0 aliphatic carbocycles. The van der Waals surface area contributed by atoms with Crippen LogP contribution in [0, 0.1) is 12.7 Å². The molecule has 0 bridgehead atoms. The van der Waals surface area contributed by atoms with Crippen LogP contribution in [-0.2, 0) is 0 Å². The number of ketones is 1. The van der Waals surface area contributed by atoms with E-state index < -0.39 is 0 Å². The van der Waals surface area contributed by atoms with Crippen molar-refractivity contribution in [3.63, 3.8) is 0 Å². The number of hydrogen-bond donors (Lipinski definition) is 0. The van der Waals surface area contributed by atoms with Crippen molar-refractivity contribution in [2.75, 3.05) is 0 Å². The van der Waals surface area contributed by atoms with Crippen molar-refractivity contribution in [1.29, 1.82) is 0 Å². The Morgan fingerprint density at radius 3 is 2.42 bits per heavy atom. The maximum Gasteiger partial charge on any atom is 0.174 e. The Morgan fingerprint density at radius 1 is 1.08 bits per heavy atom. The van der Waals surface area contributed by atoms with Crippen LogP contribution in [0.4, 0.5) is 4.39 Å². The highest BCUT2D eigenvalue weighted by Crippen LogP contribution is 2.39. The highest BCUT2D eigenvalue weighted by molar-refractivity contribution is 7.99. The molecule has 0 aliphatic rings. The van der Waals surface area contributed by atoms with E-state index in [-0.39, 0.29) is 16.9 Å². The molecule has 0 aliphatic heterocycles. The molecule has 3 rings (SSSR count). The van der Waals surface area contributed by atoms with Crippen LogP contribution in [0.2, 0.25) is 0 Å². The van der Waals surface area contributed by atoms with Crippen LogP contribution < -0.4 is 0 Å². The molecule has 1 heterocycles. The Labute approximate surface area is 149 Å². The van der Waals surface area contributed by atoms with E-state index in [0.29, 0.717) is 6.42 Å². The minimum Gasteiger partial charge on any atom is -0.293 e. The highest BCUT2D eigenvalue weighted by atomic mass is 32.2. The van der Waals surface area contributed by atoms with Crippen LogP contribution in [0.5, 0.6) is 0 Å². The largest absolute Gasteiger partial charge is 0.293 e. The summed E-state index contributed by atoms with van der Waals surface area (Å²) < 4.78 is 13.2. The van der Waals surface area contributed by atoms with E-state index in [1.807, 2.05) is 24.4 Å². The zero-order valence-electron chi connectivity index (χ0n) is 13.2. The molecule has 0 spiro atoms. The van der Waals surface area contributed by atoms with Crippen LogP contribution in [0.15, 0.2) is 70.9 Å². The third kappa shape index (κ3) is 4.34. The maximum atomic E-state index is 13.2. The van der Waals surface area contributed by atoms with Crippen molar-refractivity contribution in [2.45, 2.75) is 23.5 Å². The molecule has 0 radical (unpaired) electrons. The van der Waals surface area contributed by atoms with Gasteiger partial charge in [-0.1, -0.05) is 35.9 Å². The predicted molar refractivity (Wildman–Crippen MR) is 99.4 cm³/mol. The van der Waals surface area contributed by atoms with E-state index in [1.54, 1.807) is 23.9 Å². The van der Waals surface area contributed by atoms with Crippen molar-refractivity contribution in [3.05, 3.63) is 87.9 Å². The summed E-state index contributed by atoms with van der Waals surface area (Å²) in [7, 11) is 0. The summed E-state index contributed by atoms with van der Waals surface area (Å²) in [4.78, 5) is 14.4. The van der Waals surface area contributed by atoms with Gasteiger partial charge in [-0.25, -0.2) is 4.39 Å². The minimum absolute atomic E-state index is 0.0390. The molecule has 0 saturated carbocycles. The van der Waals surface area contributed by atoms with Gasteiger partial charge in [-0.2, -0.15) is 0 Å². The van der Waals surface area contributed by atoms with Crippen molar-refractivity contribution in [3.8, 4) is 0 Å². The lowest BCUT2D eigenvalue weighted by molar-refractivity contribution is 0.0986. The number of thiophene rings is 1. The van der Waals surface area contributed by atoms with E-state index in [1.165, 1.54) is 29.0 Å². The maximum absolute atomic E-state index is 13.2. The van der Waals surface area contributed by atoms with E-state index in [0.717, 1.165) is 15.3 Å². The molecule has 1 atom stereocenters. The van der Waals surface area contributed by atoms with Crippen molar-refractivity contribution in [1.82, 2.24) is 0 Å². The summed E-state index contributed by atoms with van der Waals surface area (Å²) in [5, 5.41) is 1.87. The first-order valence-electron chi connectivity index (χ1n) is 7.67. The third-order valence-corrected chi connectivity index (χ3v) is 5.89. The lowest BCUT2D eigenvalue weighted by Gasteiger charge is -2.16. The van der Waals surface area contributed by atoms with Crippen molar-refractivity contribution < 1.29 is 9.18 Å². The summed E-state index contributed by atoms with van der Waals surface area (Å²) in [6.45, 7) is 2.05. The fourth-order valence-electron chi connectivity index (χ4n) is 2.39. The molecule has 1 aromatic heterocycles. The number of thioether (sulfide) groups is 1. The smallest absolute Gasteiger partial charge is 0.174 e. The third-order valence-electron chi connectivity index (χ3n) is 3.71. The molecule has 0 unspecified atom stereocenters. The molecule has 2 aromatic carbocycles. The number of benzene rings is 2. The molecule has 4 heteroatoms. The fraction of sp³-hybridized carbons (Fsp3) is 0.150. The first-order valence-corrected chi connectivity index (χ1v) is 9.43. The Hall–Kier alpha value is -1.91. The van der Waals surface area contributed by atoms with Crippen LogP contribution in [-0.4, -0.2) is 5.78 Å².